The molecule has 0 radical (unpaired) electrons. The van der Waals surface area contributed by atoms with E-state index in [0.29, 0.717) is 85.5 Å². The first-order valence-electron chi connectivity index (χ1n) is 33.0. The molecule has 0 aliphatic carbocycles. The van der Waals surface area contributed by atoms with E-state index in [-0.39, 0.29) is 30.1 Å². The first-order valence-corrected chi connectivity index (χ1v) is 34.9. The van der Waals surface area contributed by atoms with Gasteiger partial charge in [0, 0.05) is 92.7 Å². The number of nitrogens with zero attached hydrogens (tertiary/aromatic N) is 6. The fourth-order valence-corrected chi connectivity index (χ4v) is 12.4. The van der Waals surface area contributed by atoms with Crippen molar-refractivity contribution in [3.63, 3.8) is 0 Å². The van der Waals surface area contributed by atoms with Crippen LogP contribution >= 0.6 is 0 Å². The number of oxazole rings is 1. The Morgan fingerprint density at radius 1 is 0.520 bits per heavy atom. The number of aliphatic carboxylic acids is 2. The number of halogens is 1. The van der Waals surface area contributed by atoms with Gasteiger partial charge >= 0.3 is 11.9 Å². The summed E-state index contributed by atoms with van der Waals surface area (Å²) < 4.78 is 71.4. The van der Waals surface area contributed by atoms with Gasteiger partial charge in [-0.15, -0.1) is 0 Å². The molecule has 9 aromatic carbocycles. The van der Waals surface area contributed by atoms with Crippen molar-refractivity contribution in [2.75, 3.05) is 47.7 Å². The molecular weight excluding hydrogens is 1310 g/mol. The van der Waals surface area contributed by atoms with Gasteiger partial charge in [0.1, 0.15) is 17.8 Å². The van der Waals surface area contributed by atoms with Crippen molar-refractivity contribution >= 4 is 21.8 Å². The van der Waals surface area contributed by atoms with Crippen molar-refractivity contribution in [3.05, 3.63) is 251 Å². The van der Waals surface area contributed by atoms with E-state index in [4.69, 9.17) is 42.9 Å². The zero-order valence-electron chi connectivity index (χ0n) is 58.1. The Bertz CT molecular complexity index is 4990. The lowest BCUT2D eigenvalue weighted by Gasteiger charge is -2.16. The van der Waals surface area contributed by atoms with E-state index in [1.807, 2.05) is 103 Å². The molecular formula is C81H80FN7O12S. The molecule has 21 heteroatoms. The number of aromatic nitrogens is 5. The number of nitrogens with one attached hydrogen (secondary N) is 1. The highest BCUT2D eigenvalue weighted by atomic mass is 32.2. The van der Waals surface area contributed by atoms with E-state index in [9.17, 15) is 22.4 Å². The summed E-state index contributed by atoms with van der Waals surface area (Å²) in [6.45, 7) is 9.27. The van der Waals surface area contributed by atoms with Gasteiger partial charge in [-0.05, 0) is 172 Å². The van der Waals surface area contributed by atoms with E-state index in [0.717, 1.165) is 78.9 Å². The van der Waals surface area contributed by atoms with Crippen LogP contribution in [0.5, 0.6) is 0 Å². The third-order valence-electron chi connectivity index (χ3n) is 16.9. The molecule has 0 spiro atoms. The van der Waals surface area contributed by atoms with Gasteiger partial charge in [0.2, 0.25) is 17.5 Å². The molecule has 3 aromatic heterocycles. The second kappa shape index (κ2) is 34.9. The summed E-state index contributed by atoms with van der Waals surface area (Å²) >= 11 is 0. The zero-order valence-corrected chi connectivity index (χ0v) is 58.9. The number of benzene rings is 9. The Hall–Kier alpha value is -10.9. The maximum Gasteiger partial charge on any atom is 0.304 e. The fraction of sp³-hybridized carbons (Fsp3) is 0.222. The van der Waals surface area contributed by atoms with E-state index in [2.05, 4.69) is 94.9 Å². The number of methoxy groups -OCH3 is 3. The molecule has 19 nitrogen and oxygen atoms in total. The number of carboxylic acid groups (broad SMARTS) is 2. The number of carboxylic acids is 2. The van der Waals surface area contributed by atoms with Gasteiger partial charge in [-0.2, -0.15) is 9.97 Å². The molecule has 0 saturated heterocycles. The Morgan fingerprint density at radius 2 is 1.00 bits per heavy atom. The SMILES string of the molecule is CCc1ccccc1-c1ccc(-c2nc(-c3ccc(F)c(CN(C)CCC(=O)O)c3)no2)cc1COC.COCc1cc(-c2nc(-c3cccc(CNCCC(=O)O)c3)co2)ccc1-c1ccccc1C.COCc1cc(-c2nc(-c3cccc(S(C)(=O)=O)c3)no2)ccc1-c1ccccc1C. The maximum atomic E-state index is 14.4. The summed E-state index contributed by atoms with van der Waals surface area (Å²) in [6, 6.07) is 62.1. The Kier molecular flexibility index (Phi) is 25.3. The minimum atomic E-state index is -3.33. The standard InChI is InChI=1S/C29H30FN3O4.C28H28N2O4.C24H22N2O4S/c1-4-19-7-5-6-8-24(19)25-11-9-21(16-23(25)18-36-3)29-31-28(32-37-29)20-10-12-26(30)22(15-20)17-33(2)14-13-27(34)35;1-19-6-3-4-9-24(19)25-11-10-22(15-23(25)17-33-2)28-30-26(18-34-28)21-8-5-7-20(14-21)16-29-13-12-27(31)32;1-16-7-4-5-10-21(16)22-12-11-18(13-19(22)15-29-2)24-25-23(26-30-24)17-8-6-9-20(14-17)31(3,27)28/h5-12,15-16H,4,13-14,17-18H2,1-3H3,(H,34,35);3-11,14-15,18,29H,12-13,16-17H2,1-2H3,(H,31,32);4-14H,15H2,1-3H3. The second-order valence-electron chi connectivity index (χ2n) is 24.4. The molecule has 3 heterocycles. The van der Waals surface area contributed by atoms with Gasteiger partial charge in [0.25, 0.3) is 11.8 Å². The van der Waals surface area contributed by atoms with Crippen molar-refractivity contribution in [3.8, 4) is 102 Å². The highest BCUT2D eigenvalue weighted by Crippen LogP contribution is 2.37. The lowest BCUT2D eigenvalue weighted by molar-refractivity contribution is -0.138. The van der Waals surface area contributed by atoms with Gasteiger partial charge < -0.3 is 48.1 Å². The first kappa shape index (κ1) is 73.8. The predicted molar refractivity (Wildman–Crippen MR) is 391 cm³/mol. The third-order valence-corrected chi connectivity index (χ3v) is 18.0. The number of sulfone groups is 1. The zero-order chi connectivity index (χ0) is 72.3. The lowest BCUT2D eigenvalue weighted by Crippen LogP contribution is -2.21. The van der Waals surface area contributed by atoms with Gasteiger partial charge in [-0.25, -0.2) is 17.8 Å². The molecule has 0 fully saturated rings. The first-order chi connectivity index (χ1) is 49.3. The number of hydrogen-bond acceptors (Lipinski definition) is 17. The second-order valence-corrected chi connectivity index (χ2v) is 26.5. The molecule has 102 heavy (non-hydrogen) atoms. The van der Waals surface area contributed by atoms with Crippen LogP contribution in [-0.2, 0) is 73.0 Å². The maximum absolute atomic E-state index is 14.4. The number of hydrogen-bond donors (Lipinski definition) is 3. The summed E-state index contributed by atoms with van der Waals surface area (Å²) in [5, 5.41) is 29.0. The van der Waals surface area contributed by atoms with E-state index >= 15 is 0 Å². The summed E-state index contributed by atoms with van der Waals surface area (Å²) in [6.07, 6.45) is 3.84. The molecule has 0 bridgehead atoms. The van der Waals surface area contributed by atoms with Crippen LogP contribution in [0.1, 0.15) is 64.3 Å². The van der Waals surface area contributed by atoms with Crippen LogP contribution in [0.2, 0.25) is 0 Å². The molecule has 0 aliphatic heterocycles. The summed E-state index contributed by atoms with van der Waals surface area (Å²) in [7, 11) is 3.45. The number of aryl methyl sites for hydroxylation is 3. The van der Waals surface area contributed by atoms with Crippen LogP contribution < -0.4 is 5.32 Å². The minimum absolute atomic E-state index is 0.0140. The van der Waals surface area contributed by atoms with Crippen molar-refractivity contribution in [1.29, 1.82) is 0 Å². The molecule has 3 N–H and O–H groups in total. The van der Waals surface area contributed by atoms with Crippen molar-refractivity contribution in [2.24, 2.45) is 0 Å². The smallest absolute Gasteiger partial charge is 0.304 e. The van der Waals surface area contributed by atoms with Gasteiger partial charge in [-0.3, -0.25) is 9.59 Å². The van der Waals surface area contributed by atoms with Gasteiger partial charge in [0.15, 0.2) is 9.84 Å². The van der Waals surface area contributed by atoms with Gasteiger partial charge in [0.05, 0.1) is 37.6 Å². The number of ether oxygens (including phenoxy) is 3. The van der Waals surface area contributed by atoms with Crippen LogP contribution in [0.4, 0.5) is 4.39 Å². The van der Waals surface area contributed by atoms with Crippen LogP contribution in [-0.4, -0.2) is 108 Å². The normalized spacial score (nSPS) is 11.3. The average molecular weight is 1390 g/mol. The Balaban J connectivity index is 0.000000165. The summed E-state index contributed by atoms with van der Waals surface area (Å²) in [5.41, 5.74) is 20.3. The van der Waals surface area contributed by atoms with Crippen molar-refractivity contribution < 1.29 is 60.3 Å². The molecule has 0 saturated carbocycles. The monoisotopic (exact) mass is 1390 g/mol. The van der Waals surface area contributed by atoms with E-state index in [1.54, 1.807) is 75.9 Å². The molecule has 12 rings (SSSR count). The molecule has 524 valence electrons. The molecule has 0 atom stereocenters. The van der Waals surface area contributed by atoms with Crippen LogP contribution in [0.15, 0.2) is 219 Å². The topological polar surface area (TPSA) is 256 Å². The van der Waals surface area contributed by atoms with Crippen LogP contribution in [0.25, 0.3) is 102 Å². The number of rotatable bonds is 27. The lowest BCUT2D eigenvalue weighted by atomic mass is 9.93. The molecule has 0 unspecified atom stereocenters. The summed E-state index contributed by atoms with van der Waals surface area (Å²) in [5.74, 6) is -0.139. The molecule has 0 amide bonds. The Morgan fingerprint density at radius 3 is 1.54 bits per heavy atom. The molecule has 12 aromatic rings. The van der Waals surface area contributed by atoms with Crippen molar-refractivity contribution in [2.45, 2.75) is 77.8 Å². The largest absolute Gasteiger partial charge is 0.481 e. The third kappa shape index (κ3) is 19.1. The van der Waals surface area contributed by atoms with Gasteiger partial charge in [-0.1, -0.05) is 139 Å². The van der Waals surface area contributed by atoms with Crippen molar-refractivity contribution in [1.82, 2.24) is 35.5 Å². The molecule has 0 aliphatic rings. The van der Waals surface area contributed by atoms with Crippen LogP contribution in [0.3, 0.4) is 0 Å². The van der Waals surface area contributed by atoms with E-state index in [1.165, 1.54) is 40.1 Å². The highest BCUT2D eigenvalue weighted by molar-refractivity contribution is 7.90. The fourth-order valence-electron chi connectivity index (χ4n) is 11.7. The van der Waals surface area contributed by atoms with Crippen LogP contribution in [0, 0.1) is 19.7 Å². The average Bonchev–Trinajstić information content (AvgIpc) is 1.57. The Labute approximate surface area is 592 Å². The highest BCUT2D eigenvalue weighted by Gasteiger charge is 2.21. The van der Waals surface area contributed by atoms with E-state index < -0.39 is 21.8 Å². The number of carbonyl (C=O) groups is 2. The summed E-state index contributed by atoms with van der Waals surface area (Å²) in [4.78, 5) is 37.2. The quantitative estimate of drug-likeness (QED) is 0.0404. The predicted octanol–water partition coefficient (Wildman–Crippen LogP) is 16.4. The minimum Gasteiger partial charge on any atom is -0.481 e.